The van der Waals surface area contributed by atoms with Gasteiger partial charge in [-0.1, -0.05) is 23.2 Å². The van der Waals surface area contributed by atoms with Crippen LogP contribution < -0.4 is 4.74 Å². The molecule has 118 valence electrons. The number of carboxylic acid groups (broad SMARTS) is 1. The van der Waals surface area contributed by atoms with Gasteiger partial charge in [0, 0.05) is 18.5 Å². The molecule has 0 aliphatic heterocycles. The maximum atomic E-state index is 12.0. The van der Waals surface area contributed by atoms with Crippen molar-refractivity contribution < 1.29 is 19.4 Å². The van der Waals surface area contributed by atoms with Crippen molar-refractivity contribution in [2.45, 2.75) is 6.42 Å². The average Bonchev–Trinajstić information content (AvgIpc) is 2.37. The van der Waals surface area contributed by atoms with E-state index in [0.29, 0.717) is 18.5 Å². The van der Waals surface area contributed by atoms with Crippen molar-refractivity contribution in [2.75, 3.05) is 27.2 Å². The monoisotopic (exact) mass is 355 g/mol. The normalized spacial score (nSPS) is 10.1. The molecule has 1 rings (SSSR count). The van der Waals surface area contributed by atoms with Crippen LogP contribution in [0.4, 0.5) is 0 Å². The molecule has 0 aliphatic rings. The lowest BCUT2D eigenvalue weighted by molar-refractivity contribution is -0.139. The molecule has 0 fully saturated rings. The second-order valence-electron chi connectivity index (χ2n) is 4.40. The van der Waals surface area contributed by atoms with Gasteiger partial charge >= 0.3 is 5.97 Å². The zero-order valence-corrected chi connectivity index (χ0v) is 13.9. The number of carbonyl (C=O) groups excluding carboxylic acids is 1. The van der Waals surface area contributed by atoms with Crippen LogP contribution in [0.3, 0.4) is 0 Å². The Hall–Kier alpha value is -1.01. The lowest BCUT2D eigenvalue weighted by Crippen LogP contribution is -2.17. The maximum absolute atomic E-state index is 12.0. The first-order valence-electron chi connectivity index (χ1n) is 5.83. The fraction of sp³-hybridized carbons (Fsp3) is 0.385. The number of benzene rings is 1. The fourth-order valence-electron chi connectivity index (χ4n) is 1.46. The summed E-state index contributed by atoms with van der Waals surface area (Å²) in [6.07, 6.45) is 0.318. The van der Waals surface area contributed by atoms with Gasteiger partial charge in [0.25, 0.3) is 0 Å². The number of hydrogen-bond donors (Lipinski definition) is 1. The highest BCUT2D eigenvalue weighted by molar-refractivity contribution is 6.44. The molecule has 0 aromatic heterocycles. The molecule has 0 aliphatic carbocycles. The largest absolute Gasteiger partial charge is 0.480 e. The third-order valence-electron chi connectivity index (χ3n) is 2.48. The molecule has 0 saturated heterocycles. The molecule has 0 amide bonds. The number of ether oxygens (including phenoxy) is 1. The summed E-state index contributed by atoms with van der Waals surface area (Å²) < 4.78 is 4.98. The molecule has 0 bridgehead atoms. The van der Waals surface area contributed by atoms with Crippen LogP contribution in [-0.4, -0.2) is 49.0 Å². The van der Waals surface area contributed by atoms with Crippen LogP contribution in [0.5, 0.6) is 5.75 Å². The van der Waals surface area contributed by atoms with Gasteiger partial charge in [0.05, 0.1) is 5.02 Å². The van der Waals surface area contributed by atoms with E-state index >= 15 is 0 Å². The second kappa shape index (κ2) is 9.10. The topological polar surface area (TPSA) is 66.8 Å². The van der Waals surface area contributed by atoms with Gasteiger partial charge in [0.15, 0.2) is 12.4 Å². The molecule has 1 aromatic rings. The first-order valence-corrected chi connectivity index (χ1v) is 6.59. The zero-order valence-electron chi connectivity index (χ0n) is 11.6. The predicted molar refractivity (Wildman–Crippen MR) is 84.3 cm³/mol. The second-order valence-corrected chi connectivity index (χ2v) is 5.15. The number of carbonyl (C=O) groups is 2. The molecule has 0 unspecified atom stereocenters. The summed E-state index contributed by atoms with van der Waals surface area (Å²) in [4.78, 5) is 24.3. The number of carboxylic acids is 1. The van der Waals surface area contributed by atoms with Crippen LogP contribution in [0.1, 0.15) is 16.8 Å². The van der Waals surface area contributed by atoms with Crippen LogP contribution in [0, 0.1) is 0 Å². The van der Waals surface area contributed by atoms with Crippen molar-refractivity contribution in [1.82, 2.24) is 4.90 Å². The Morgan fingerprint density at radius 2 is 1.86 bits per heavy atom. The predicted octanol–water partition coefficient (Wildman–Crippen LogP) is 3.01. The lowest BCUT2D eigenvalue weighted by Gasteiger charge is -2.12. The summed E-state index contributed by atoms with van der Waals surface area (Å²) in [5, 5.41) is 8.67. The zero-order chi connectivity index (χ0) is 15.3. The minimum atomic E-state index is -1.12. The highest BCUT2D eigenvalue weighted by Gasteiger charge is 2.17. The summed E-state index contributed by atoms with van der Waals surface area (Å²) in [5.74, 6) is -1.11. The van der Waals surface area contributed by atoms with Crippen molar-refractivity contribution in [3.05, 3.63) is 27.7 Å². The third kappa shape index (κ3) is 6.09. The van der Waals surface area contributed by atoms with Crippen LogP contribution in [-0.2, 0) is 4.79 Å². The number of Topliss-reactive ketones (excluding diaryl/α,β-unsaturated/α-hetero) is 1. The molecule has 0 heterocycles. The van der Waals surface area contributed by atoms with E-state index in [1.165, 1.54) is 12.1 Å². The van der Waals surface area contributed by atoms with E-state index in [1.807, 2.05) is 19.0 Å². The van der Waals surface area contributed by atoms with Crippen molar-refractivity contribution in [3.8, 4) is 5.75 Å². The Morgan fingerprint density at radius 1 is 1.24 bits per heavy atom. The number of hydrogen-bond acceptors (Lipinski definition) is 4. The third-order valence-corrected chi connectivity index (χ3v) is 3.35. The lowest BCUT2D eigenvalue weighted by atomic mass is 10.1. The SMILES string of the molecule is CN(C)CCC(=O)c1ccc(OCC(=O)O)c(Cl)c1Cl.Cl. The molecular weight excluding hydrogens is 341 g/mol. The van der Waals surface area contributed by atoms with Gasteiger partial charge < -0.3 is 14.7 Å². The van der Waals surface area contributed by atoms with Gasteiger partial charge in [-0.3, -0.25) is 4.79 Å². The van der Waals surface area contributed by atoms with Crippen molar-refractivity contribution >= 4 is 47.4 Å². The fourth-order valence-corrected chi connectivity index (χ4v) is 1.94. The van der Waals surface area contributed by atoms with Gasteiger partial charge in [-0.25, -0.2) is 4.79 Å². The number of ketones is 1. The highest BCUT2D eigenvalue weighted by atomic mass is 35.5. The van der Waals surface area contributed by atoms with Crippen LogP contribution in [0.2, 0.25) is 10.0 Å². The number of rotatable bonds is 7. The van der Waals surface area contributed by atoms with Crippen LogP contribution >= 0.6 is 35.6 Å². The summed E-state index contributed by atoms with van der Waals surface area (Å²) in [6, 6.07) is 2.93. The van der Waals surface area contributed by atoms with E-state index in [0.717, 1.165) is 0 Å². The van der Waals surface area contributed by atoms with Gasteiger partial charge in [0.1, 0.15) is 10.8 Å². The molecule has 0 atom stereocenters. The van der Waals surface area contributed by atoms with E-state index in [2.05, 4.69) is 0 Å². The quantitative estimate of drug-likeness (QED) is 0.761. The molecule has 0 spiro atoms. The van der Waals surface area contributed by atoms with Crippen molar-refractivity contribution in [3.63, 3.8) is 0 Å². The molecule has 1 aromatic carbocycles. The first-order chi connectivity index (χ1) is 9.32. The summed E-state index contributed by atoms with van der Waals surface area (Å²) >= 11 is 12.0. The van der Waals surface area contributed by atoms with Crippen LogP contribution in [0.15, 0.2) is 12.1 Å². The highest BCUT2D eigenvalue weighted by Crippen LogP contribution is 2.35. The van der Waals surface area contributed by atoms with E-state index < -0.39 is 12.6 Å². The van der Waals surface area contributed by atoms with Crippen molar-refractivity contribution in [2.24, 2.45) is 0 Å². The Labute approximate surface area is 139 Å². The van der Waals surface area contributed by atoms with E-state index in [4.69, 9.17) is 33.0 Å². The Balaban J connectivity index is 0.00000400. The van der Waals surface area contributed by atoms with Crippen LogP contribution in [0.25, 0.3) is 0 Å². The first kappa shape index (κ1) is 20.0. The molecular formula is C13H16Cl3NO4. The maximum Gasteiger partial charge on any atom is 0.341 e. The number of nitrogens with zero attached hydrogens (tertiary/aromatic N) is 1. The summed E-state index contributed by atoms with van der Waals surface area (Å²) in [6.45, 7) is 0.0774. The van der Waals surface area contributed by atoms with Gasteiger partial charge in [0.2, 0.25) is 0 Å². The van der Waals surface area contributed by atoms with Gasteiger partial charge in [-0.2, -0.15) is 0 Å². The molecule has 0 saturated carbocycles. The molecule has 1 N–H and O–H groups in total. The minimum absolute atomic E-state index is 0. The van der Waals surface area contributed by atoms with E-state index in [1.54, 1.807) is 0 Å². The number of halogens is 3. The minimum Gasteiger partial charge on any atom is -0.480 e. The Kier molecular flexibility index (Phi) is 8.66. The Morgan fingerprint density at radius 3 is 2.38 bits per heavy atom. The smallest absolute Gasteiger partial charge is 0.341 e. The van der Waals surface area contributed by atoms with E-state index in [-0.39, 0.29) is 34.0 Å². The Bertz CT molecular complexity index is 520. The molecule has 8 heteroatoms. The van der Waals surface area contributed by atoms with Crippen molar-refractivity contribution in [1.29, 1.82) is 0 Å². The van der Waals surface area contributed by atoms with E-state index in [9.17, 15) is 9.59 Å². The van der Waals surface area contributed by atoms with Gasteiger partial charge in [-0.15, -0.1) is 12.4 Å². The molecule has 21 heavy (non-hydrogen) atoms. The summed E-state index contributed by atoms with van der Waals surface area (Å²) in [7, 11) is 3.73. The number of aliphatic carboxylic acids is 1. The molecule has 0 radical (unpaired) electrons. The average molecular weight is 357 g/mol. The molecule has 5 nitrogen and oxygen atoms in total. The standard InChI is InChI=1S/C13H15Cl2NO4.ClH/c1-16(2)6-5-9(17)8-3-4-10(13(15)12(8)14)20-7-11(18)19;/h3-4H,5-7H2,1-2H3,(H,18,19);1H. The van der Waals surface area contributed by atoms with Gasteiger partial charge in [-0.05, 0) is 26.2 Å². The summed E-state index contributed by atoms with van der Waals surface area (Å²) in [5.41, 5.74) is 0.307.